The van der Waals surface area contributed by atoms with E-state index in [0.29, 0.717) is 39.0 Å². The number of hydrogen-bond donors (Lipinski definition) is 3. The Balaban J connectivity index is 1.22. The quantitative estimate of drug-likeness (QED) is 0.287. The van der Waals surface area contributed by atoms with Crippen molar-refractivity contribution in [1.29, 1.82) is 0 Å². The molecule has 0 unspecified atom stereocenters. The number of carbonyl (C=O) groups is 1. The molecular weight excluding hydrogens is 405 g/mol. The topological polar surface area (TPSA) is 72.5 Å². The fourth-order valence-corrected chi connectivity index (χ4v) is 4.10. The van der Waals surface area contributed by atoms with Crippen LogP contribution >= 0.6 is 0 Å². The minimum Gasteiger partial charge on any atom is -0.361 e. The number of hydrogen-bond acceptors (Lipinski definition) is 2. The summed E-state index contributed by atoms with van der Waals surface area (Å²) in [4.78, 5) is 22.2. The van der Waals surface area contributed by atoms with Crippen LogP contribution < -0.4 is 10.6 Å². The molecular formula is C25H30FN5O. The van der Waals surface area contributed by atoms with E-state index in [9.17, 15) is 9.18 Å². The average molecular weight is 436 g/mol. The summed E-state index contributed by atoms with van der Waals surface area (Å²) < 4.78 is 13.6. The first-order chi connectivity index (χ1) is 15.6. The summed E-state index contributed by atoms with van der Waals surface area (Å²) in [5.74, 6) is 0.689. The number of nitrogens with zero attached hydrogens (tertiary/aromatic N) is 2. The third-order valence-electron chi connectivity index (χ3n) is 5.77. The molecule has 3 aromatic rings. The Morgan fingerprint density at radius 3 is 2.69 bits per heavy atom. The molecule has 4 rings (SSSR count). The van der Waals surface area contributed by atoms with Crippen LogP contribution in [-0.4, -0.2) is 41.4 Å². The highest BCUT2D eigenvalue weighted by Gasteiger charge is 2.22. The van der Waals surface area contributed by atoms with Gasteiger partial charge in [-0.25, -0.2) is 4.39 Å². The Morgan fingerprint density at radius 2 is 1.94 bits per heavy atom. The number of aliphatic imine (C=N–C) groups is 1. The van der Waals surface area contributed by atoms with Gasteiger partial charge in [0.05, 0.1) is 0 Å². The molecule has 7 heteroatoms. The van der Waals surface area contributed by atoms with Crippen LogP contribution in [0.25, 0.3) is 10.9 Å². The van der Waals surface area contributed by atoms with Crippen LogP contribution in [0.4, 0.5) is 4.39 Å². The molecule has 3 N–H and O–H groups in total. The Kier molecular flexibility index (Phi) is 7.04. The number of carbonyl (C=O) groups excluding carboxylic acids is 1. The van der Waals surface area contributed by atoms with Gasteiger partial charge in [-0.1, -0.05) is 24.3 Å². The first-order valence-electron chi connectivity index (χ1n) is 11.3. The second kappa shape index (κ2) is 10.3. The molecule has 1 aromatic heterocycles. The van der Waals surface area contributed by atoms with Crippen LogP contribution in [0.1, 0.15) is 36.5 Å². The fourth-order valence-electron chi connectivity index (χ4n) is 4.10. The zero-order valence-electron chi connectivity index (χ0n) is 18.5. The molecule has 0 radical (unpaired) electrons. The molecule has 1 amide bonds. The predicted octanol–water partition coefficient (Wildman–Crippen LogP) is 3.73. The molecule has 0 saturated heterocycles. The van der Waals surface area contributed by atoms with Crippen molar-refractivity contribution in [3.63, 3.8) is 0 Å². The van der Waals surface area contributed by atoms with Crippen LogP contribution in [-0.2, 0) is 24.3 Å². The number of aromatic amines is 1. The lowest BCUT2D eigenvalue weighted by molar-refractivity contribution is -0.131. The first kappa shape index (κ1) is 21.9. The lowest BCUT2D eigenvalue weighted by atomic mass is 10.1. The zero-order chi connectivity index (χ0) is 22.3. The van der Waals surface area contributed by atoms with Gasteiger partial charge in [0.2, 0.25) is 5.91 Å². The molecule has 168 valence electrons. The highest BCUT2D eigenvalue weighted by Crippen LogP contribution is 2.23. The van der Waals surface area contributed by atoms with Gasteiger partial charge in [-0.2, -0.15) is 0 Å². The van der Waals surface area contributed by atoms with E-state index in [4.69, 9.17) is 0 Å². The van der Waals surface area contributed by atoms with E-state index in [1.165, 1.54) is 17.2 Å². The summed E-state index contributed by atoms with van der Waals surface area (Å²) in [6, 6.07) is 13.0. The molecule has 6 nitrogen and oxygen atoms in total. The molecule has 0 saturated carbocycles. The summed E-state index contributed by atoms with van der Waals surface area (Å²) in [5.41, 5.74) is 4.50. The van der Waals surface area contributed by atoms with E-state index in [1.807, 2.05) is 30.2 Å². The van der Waals surface area contributed by atoms with E-state index < -0.39 is 0 Å². The average Bonchev–Trinajstić information content (AvgIpc) is 3.40. The zero-order valence-corrected chi connectivity index (χ0v) is 18.5. The number of halogens is 1. The number of guanidine groups is 1. The number of H-pyrrole nitrogens is 1. The lowest BCUT2D eigenvalue weighted by Crippen LogP contribution is -2.38. The molecule has 32 heavy (non-hydrogen) atoms. The normalized spacial score (nSPS) is 13.4. The number of aromatic nitrogens is 1. The number of amides is 1. The standard InChI is InChI=1S/C25H30FN5O/c1-2-27-25(29-13-11-18-15-30-23-10-9-21(26)14-22(18)23)28-12-5-8-24(32)31-16-19-6-3-4-7-20(19)17-31/h3-4,6-7,9-10,14-15,30H,2,5,8,11-13,16-17H2,1H3,(H2,27,28,29). The predicted molar refractivity (Wildman–Crippen MR) is 126 cm³/mol. The number of rotatable bonds is 8. The van der Waals surface area contributed by atoms with Gasteiger partial charge in [-0.3, -0.25) is 9.79 Å². The van der Waals surface area contributed by atoms with Crippen molar-refractivity contribution < 1.29 is 9.18 Å². The van der Waals surface area contributed by atoms with Crippen molar-refractivity contribution in [3.8, 4) is 0 Å². The van der Waals surface area contributed by atoms with Crippen LogP contribution in [0.3, 0.4) is 0 Å². The van der Waals surface area contributed by atoms with Crippen LogP contribution in [0, 0.1) is 5.82 Å². The van der Waals surface area contributed by atoms with Gasteiger partial charge in [0.15, 0.2) is 5.96 Å². The van der Waals surface area contributed by atoms with Gasteiger partial charge in [0, 0.05) is 56.2 Å². The Bertz CT molecular complexity index is 1080. The Morgan fingerprint density at radius 1 is 1.16 bits per heavy atom. The van der Waals surface area contributed by atoms with E-state index in [2.05, 4.69) is 32.7 Å². The molecule has 0 atom stereocenters. The smallest absolute Gasteiger partial charge is 0.223 e. The Labute approximate surface area is 187 Å². The van der Waals surface area contributed by atoms with Crippen molar-refractivity contribution >= 4 is 22.8 Å². The van der Waals surface area contributed by atoms with Gasteiger partial charge in [0.1, 0.15) is 5.82 Å². The van der Waals surface area contributed by atoms with Crippen molar-refractivity contribution in [2.45, 2.75) is 39.3 Å². The molecule has 1 aliphatic rings. The molecule has 0 spiro atoms. The van der Waals surface area contributed by atoms with Gasteiger partial charge < -0.3 is 20.5 Å². The molecule has 0 aliphatic carbocycles. The maximum Gasteiger partial charge on any atom is 0.223 e. The summed E-state index contributed by atoms with van der Waals surface area (Å²) in [6.45, 7) is 5.46. The third kappa shape index (κ3) is 5.28. The highest BCUT2D eigenvalue weighted by atomic mass is 19.1. The van der Waals surface area contributed by atoms with E-state index in [-0.39, 0.29) is 11.7 Å². The van der Waals surface area contributed by atoms with Gasteiger partial charge >= 0.3 is 0 Å². The van der Waals surface area contributed by atoms with Crippen molar-refractivity contribution in [2.75, 3.05) is 19.6 Å². The largest absolute Gasteiger partial charge is 0.361 e. The number of nitrogens with one attached hydrogen (secondary N) is 3. The van der Waals surface area contributed by atoms with E-state index >= 15 is 0 Å². The Hall–Kier alpha value is -3.35. The molecule has 0 bridgehead atoms. The second-order valence-corrected chi connectivity index (χ2v) is 8.06. The first-order valence-corrected chi connectivity index (χ1v) is 11.3. The van der Waals surface area contributed by atoms with Crippen LogP contribution in [0.2, 0.25) is 0 Å². The van der Waals surface area contributed by atoms with E-state index in [0.717, 1.165) is 35.4 Å². The number of fused-ring (bicyclic) bond motifs is 2. The highest BCUT2D eigenvalue weighted by molar-refractivity contribution is 5.83. The second-order valence-electron chi connectivity index (χ2n) is 8.06. The lowest BCUT2D eigenvalue weighted by Gasteiger charge is -2.15. The summed E-state index contributed by atoms with van der Waals surface area (Å²) in [6.07, 6.45) is 3.89. The van der Waals surface area contributed by atoms with Crippen LogP contribution in [0.5, 0.6) is 0 Å². The molecule has 2 aromatic carbocycles. The third-order valence-corrected chi connectivity index (χ3v) is 5.77. The van der Waals surface area contributed by atoms with Gasteiger partial charge in [0.25, 0.3) is 0 Å². The minimum absolute atomic E-state index is 0.181. The number of benzene rings is 2. The molecule has 2 heterocycles. The maximum absolute atomic E-state index is 13.6. The van der Waals surface area contributed by atoms with Gasteiger partial charge in [-0.15, -0.1) is 0 Å². The summed E-state index contributed by atoms with van der Waals surface area (Å²) >= 11 is 0. The SMILES string of the molecule is CCNC(=NCCCC(=O)N1Cc2ccccc2C1)NCCc1c[nH]c2ccc(F)cc12. The van der Waals surface area contributed by atoms with E-state index in [1.54, 1.807) is 12.1 Å². The van der Waals surface area contributed by atoms with Crippen molar-refractivity contribution in [1.82, 2.24) is 20.5 Å². The monoisotopic (exact) mass is 435 g/mol. The van der Waals surface area contributed by atoms with Crippen LogP contribution in [0.15, 0.2) is 53.7 Å². The molecule has 1 aliphatic heterocycles. The fraction of sp³-hybridized carbons (Fsp3) is 0.360. The summed E-state index contributed by atoms with van der Waals surface area (Å²) in [7, 11) is 0. The van der Waals surface area contributed by atoms with Gasteiger partial charge in [-0.05, 0) is 54.7 Å². The molecule has 0 fully saturated rings. The maximum atomic E-state index is 13.6. The summed E-state index contributed by atoms with van der Waals surface area (Å²) in [5, 5.41) is 7.48. The van der Waals surface area contributed by atoms with Crippen molar-refractivity contribution in [3.05, 3.63) is 71.2 Å². The minimum atomic E-state index is -0.228. The van der Waals surface area contributed by atoms with Crippen molar-refractivity contribution in [2.24, 2.45) is 4.99 Å².